The van der Waals surface area contributed by atoms with E-state index >= 15 is 0 Å². The lowest BCUT2D eigenvalue weighted by Gasteiger charge is -2.36. The molecule has 0 bridgehead atoms. The predicted octanol–water partition coefficient (Wildman–Crippen LogP) is -0.544. The van der Waals surface area contributed by atoms with Crippen LogP contribution in [0.2, 0.25) is 0 Å². The Kier molecular flexibility index (Phi) is 3.63. The molecule has 0 radical (unpaired) electrons. The number of amides is 2. The Hall–Kier alpha value is -2.32. The molecular weight excluding hydrogens is 274 g/mol. The van der Waals surface area contributed by atoms with Gasteiger partial charge in [-0.3, -0.25) is 0 Å². The van der Waals surface area contributed by atoms with Crippen LogP contribution in [0.4, 0.5) is 16.7 Å². The van der Waals surface area contributed by atoms with Crippen molar-refractivity contribution in [2.45, 2.75) is 19.4 Å². The second kappa shape index (κ2) is 5.58. The number of nitrogens with two attached hydrogens (primary N) is 1. The van der Waals surface area contributed by atoms with Crippen molar-refractivity contribution in [1.82, 2.24) is 25.2 Å². The average molecular weight is 293 g/mol. The van der Waals surface area contributed by atoms with Gasteiger partial charge in [-0.25, -0.2) is 4.79 Å². The molecule has 3 heterocycles. The predicted molar refractivity (Wildman–Crippen MR) is 76.1 cm³/mol. The smallest absolute Gasteiger partial charge is 0.323 e. The molecule has 9 nitrogen and oxygen atoms in total. The van der Waals surface area contributed by atoms with E-state index in [1.807, 2.05) is 16.7 Å². The molecule has 114 valence electrons. The van der Waals surface area contributed by atoms with Crippen LogP contribution in [-0.4, -0.2) is 64.7 Å². The molecule has 1 atom stereocenters. The summed E-state index contributed by atoms with van der Waals surface area (Å²) in [6.45, 7) is 5.19. The van der Waals surface area contributed by atoms with Crippen LogP contribution in [0, 0.1) is 0 Å². The van der Waals surface area contributed by atoms with Crippen molar-refractivity contribution in [2.24, 2.45) is 0 Å². The van der Waals surface area contributed by atoms with E-state index in [4.69, 9.17) is 10.5 Å². The summed E-state index contributed by atoms with van der Waals surface area (Å²) in [7, 11) is 0. The molecule has 3 N–H and O–H groups in total. The first-order valence-electron chi connectivity index (χ1n) is 7.11. The highest BCUT2D eigenvalue weighted by Crippen LogP contribution is 2.20. The van der Waals surface area contributed by atoms with E-state index in [1.54, 1.807) is 0 Å². The highest BCUT2D eigenvalue weighted by atomic mass is 16.5. The van der Waals surface area contributed by atoms with Crippen LogP contribution in [0.15, 0.2) is 0 Å². The third kappa shape index (κ3) is 2.76. The van der Waals surface area contributed by atoms with Crippen molar-refractivity contribution >= 4 is 17.9 Å². The normalized spacial score (nSPS) is 21.2. The molecule has 2 aliphatic heterocycles. The number of carbonyl (C=O) groups is 1. The van der Waals surface area contributed by atoms with Crippen molar-refractivity contribution in [1.29, 1.82) is 0 Å². The van der Waals surface area contributed by atoms with Crippen molar-refractivity contribution in [2.75, 3.05) is 43.4 Å². The third-order valence-corrected chi connectivity index (χ3v) is 3.57. The Bertz CT molecular complexity index is 538. The zero-order valence-corrected chi connectivity index (χ0v) is 11.9. The van der Waals surface area contributed by atoms with Gasteiger partial charge >= 0.3 is 12.0 Å². The fourth-order valence-corrected chi connectivity index (χ4v) is 2.55. The van der Waals surface area contributed by atoms with Crippen molar-refractivity contribution < 1.29 is 9.53 Å². The Labute approximate surface area is 122 Å². The Morgan fingerprint density at radius 3 is 3.05 bits per heavy atom. The van der Waals surface area contributed by atoms with E-state index in [0.29, 0.717) is 38.7 Å². The van der Waals surface area contributed by atoms with Gasteiger partial charge in [0.15, 0.2) is 0 Å². The van der Waals surface area contributed by atoms with E-state index in [9.17, 15) is 4.79 Å². The van der Waals surface area contributed by atoms with Crippen molar-refractivity contribution in [3.05, 3.63) is 0 Å². The Balaban J connectivity index is 1.74. The number of carbonyl (C=O) groups excluding carboxylic acids is 1. The maximum Gasteiger partial charge on any atom is 0.323 e. The zero-order chi connectivity index (χ0) is 14.8. The molecule has 9 heteroatoms. The molecule has 2 fully saturated rings. The minimum Gasteiger partial charge on any atom is -0.463 e. The van der Waals surface area contributed by atoms with Crippen LogP contribution in [0.1, 0.15) is 13.3 Å². The van der Waals surface area contributed by atoms with Crippen LogP contribution < -0.4 is 20.7 Å². The quantitative estimate of drug-likeness (QED) is 0.767. The van der Waals surface area contributed by atoms with Gasteiger partial charge in [0.25, 0.3) is 0 Å². The molecule has 2 aliphatic rings. The summed E-state index contributed by atoms with van der Waals surface area (Å²) in [5, 5.41) is 2.84. The fourth-order valence-electron chi connectivity index (χ4n) is 2.55. The highest BCUT2D eigenvalue weighted by Gasteiger charge is 2.36. The lowest BCUT2D eigenvalue weighted by molar-refractivity contribution is 0.197. The van der Waals surface area contributed by atoms with Crippen LogP contribution in [0.5, 0.6) is 6.01 Å². The maximum atomic E-state index is 11.6. The van der Waals surface area contributed by atoms with Gasteiger partial charge in [-0.05, 0) is 6.42 Å². The highest BCUT2D eigenvalue weighted by molar-refractivity contribution is 5.77. The molecule has 1 unspecified atom stereocenters. The standard InChI is InChI=1S/C12H19N7O2/c1-2-5-21-11-16-9(13)15-10(17-11)18-3-4-19-8(7-18)6-14-12(19)20/h8H,2-7H2,1H3,(H,14,20)(H2,13,15,16,17). The van der Waals surface area contributed by atoms with Gasteiger partial charge in [0.05, 0.1) is 12.6 Å². The number of nitrogens with zero attached hydrogens (tertiary/aromatic N) is 5. The average Bonchev–Trinajstić information content (AvgIpc) is 2.85. The number of urea groups is 1. The molecule has 1 aromatic heterocycles. The van der Waals surface area contributed by atoms with E-state index in [-0.39, 0.29) is 24.0 Å². The number of aromatic nitrogens is 3. The van der Waals surface area contributed by atoms with E-state index in [0.717, 1.165) is 6.42 Å². The van der Waals surface area contributed by atoms with Crippen LogP contribution in [0.3, 0.4) is 0 Å². The van der Waals surface area contributed by atoms with E-state index in [1.165, 1.54) is 0 Å². The first-order valence-corrected chi connectivity index (χ1v) is 7.11. The van der Waals surface area contributed by atoms with Crippen LogP contribution in [0.25, 0.3) is 0 Å². The summed E-state index contributed by atoms with van der Waals surface area (Å²) < 4.78 is 5.43. The maximum absolute atomic E-state index is 11.6. The first kappa shape index (κ1) is 13.7. The summed E-state index contributed by atoms with van der Waals surface area (Å²) in [4.78, 5) is 27.9. The minimum absolute atomic E-state index is 0.00165. The lowest BCUT2D eigenvalue weighted by Crippen LogP contribution is -2.52. The topological polar surface area (TPSA) is 109 Å². The molecule has 1 aromatic rings. The number of anilines is 2. The Morgan fingerprint density at radius 1 is 1.38 bits per heavy atom. The van der Waals surface area contributed by atoms with Gasteiger partial charge in [-0.1, -0.05) is 6.92 Å². The molecule has 0 aromatic carbocycles. The van der Waals surface area contributed by atoms with Gasteiger partial charge in [0, 0.05) is 26.2 Å². The summed E-state index contributed by atoms with van der Waals surface area (Å²) >= 11 is 0. The first-order chi connectivity index (χ1) is 10.2. The number of piperazine rings is 1. The van der Waals surface area contributed by atoms with E-state index < -0.39 is 0 Å². The summed E-state index contributed by atoms with van der Waals surface area (Å²) in [5.41, 5.74) is 5.72. The lowest BCUT2D eigenvalue weighted by atomic mass is 10.2. The number of ether oxygens (including phenoxy) is 1. The number of nitrogen functional groups attached to an aromatic ring is 1. The van der Waals surface area contributed by atoms with Gasteiger partial charge in [0.1, 0.15) is 0 Å². The number of hydrogen-bond donors (Lipinski definition) is 2. The molecule has 0 spiro atoms. The monoisotopic (exact) mass is 293 g/mol. The molecule has 2 saturated heterocycles. The summed E-state index contributed by atoms with van der Waals surface area (Å²) in [6, 6.07) is 0.397. The number of rotatable bonds is 4. The zero-order valence-electron chi connectivity index (χ0n) is 11.9. The van der Waals surface area contributed by atoms with Gasteiger partial charge in [0.2, 0.25) is 11.9 Å². The number of hydrogen-bond acceptors (Lipinski definition) is 7. The Morgan fingerprint density at radius 2 is 2.24 bits per heavy atom. The van der Waals surface area contributed by atoms with E-state index in [2.05, 4.69) is 20.3 Å². The molecule has 3 rings (SSSR count). The molecular formula is C12H19N7O2. The fraction of sp³-hybridized carbons (Fsp3) is 0.667. The van der Waals surface area contributed by atoms with Crippen LogP contribution >= 0.6 is 0 Å². The van der Waals surface area contributed by atoms with Gasteiger partial charge in [-0.2, -0.15) is 15.0 Å². The largest absolute Gasteiger partial charge is 0.463 e. The number of nitrogens with one attached hydrogen (secondary N) is 1. The van der Waals surface area contributed by atoms with Gasteiger partial charge < -0.3 is 25.6 Å². The summed E-state index contributed by atoms with van der Waals surface area (Å²) in [5.74, 6) is 0.654. The number of fused-ring (bicyclic) bond motifs is 1. The second-order valence-electron chi connectivity index (χ2n) is 5.10. The molecule has 2 amide bonds. The third-order valence-electron chi connectivity index (χ3n) is 3.57. The molecule has 0 saturated carbocycles. The second-order valence-corrected chi connectivity index (χ2v) is 5.10. The van der Waals surface area contributed by atoms with Gasteiger partial charge in [-0.15, -0.1) is 0 Å². The van der Waals surface area contributed by atoms with Crippen molar-refractivity contribution in [3.8, 4) is 6.01 Å². The molecule has 21 heavy (non-hydrogen) atoms. The molecule has 0 aliphatic carbocycles. The SMILES string of the molecule is CCCOc1nc(N)nc(N2CCN3C(=O)NCC3C2)n1. The minimum atomic E-state index is 0.00165. The van der Waals surface area contributed by atoms with Crippen LogP contribution in [-0.2, 0) is 0 Å². The summed E-state index contributed by atoms with van der Waals surface area (Å²) in [6.07, 6.45) is 0.870. The van der Waals surface area contributed by atoms with Crippen molar-refractivity contribution in [3.63, 3.8) is 0 Å².